The topological polar surface area (TPSA) is 66.0 Å². The number of hydrogen-bond donors (Lipinski definition) is 1. The third kappa shape index (κ3) is 4.73. The Hall–Kier alpha value is -2.25. The molecule has 6 heteroatoms. The number of nitrogens with one attached hydrogen (secondary N) is 1. The van der Waals surface area contributed by atoms with Gasteiger partial charge in [0.2, 0.25) is 0 Å². The van der Waals surface area contributed by atoms with E-state index < -0.39 is 12.1 Å². The van der Waals surface area contributed by atoms with Crippen LogP contribution in [0.2, 0.25) is 0 Å². The van der Waals surface area contributed by atoms with Gasteiger partial charge in [0, 0.05) is 11.5 Å². The van der Waals surface area contributed by atoms with Crippen molar-refractivity contribution in [2.45, 2.75) is 57.7 Å². The van der Waals surface area contributed by atoms with Gasteiger partial charge >= 0.3 is 0 Å². The molecule has 1 N–H and O–H groups in total. The Morgan fingerprint density at radius 2 is 1.77 bits per heavy atom. The lowest BCUT2D eigenvalue weighted by molar-refractivity contribution is -0.362. The molecule has 2 fully saturated rings. The predicted molar refractivity (Wildman–Crippen MR) is 112 cm³/mol. The molecule has 5 atom stereocenters. The fourth-order valence-electron chi connectivity index (χ4n) is 4.01. The van der Waals surface area contributed by atoms with Gasteiger partial charge in [-0.3, -0.25) is 4.79 Å². The number of amides is 1. The third-order valence-electron chi connectivity index (χ3n) is 5.66. The van der Waals surface area contributed by atoms with Crippen LogP contribution in [0.25, 0.3) is 0 Å². The smallest absolute Gasteiger partial charge is 0.251 e. The Kier molecular flexibility index (Phi) is 6.20. The molecule has 2 aromatic carbocycles. The molecule has 0 radical (unpaired) electrons. The Morgan fingerprint density at radius 1 is 1.10 bits per heavy atom. The first-order chi connectivity index (χ1) is 14.4. The van der Waals surface area contributed by atoms with E-state index in [9.17, 15) is 4.79 Å². The number of fused-ring (bicyclic) bond motifs is 1. The van der Waals surface area contributed by atoms with Crippen molar-refractivity contribution in [2.24, 2.45) is 5.92 Å². The van der Waals surface area contributed by atoms with Crippen molar-refractivity contribution >= 4 is 5.91 Å². The number of ether oxygens (including phenoxy) is 4. The average molecular weight is 411 g/mol. The fourth-order valence-corrected chi connectivity index (χ4v) is 4.01. The van der Waals surface area contributed by atoms with Gasteiger partial charge in [-0.25, -0.2) is 0 Å². The lowest BCUT2D eigenvalue weighted by Crippen LogP contribution is -2.65. The summed E-state index contributed by atoms with van der Waals surface area (Å²) in [5, 5.41) is 3.12. The lowest BCUT2D eigenvalue weighted by atomic mass is 9.87. The van der Waals surface area contributed by atoms with Gasteiger partial charge in [-0.2, -0.15) is 0 Å². The summed E-state index contributed by atoms with van der Waals surface area (Å²) in [6, 6.07) is 18.7. The molecule has 0 aliphatic carbocycles. The van der Waals surface area contributed by atoms with Crippen LogP contribution in [-0.4, -0.2) is 42.8 Å². The van der Waals surface area contributed by atoms with Crippen LogP contribution in [0.15, 0.2) is 60.7 Å². The zero-order valence-electron chi connectivity index (χ0n) is 17.6. The quantitative estimate of drug-likeness (QED) is 0.816. The number of carbonyl (C=O) groups is 1. The Morgan fingerprint density at radius 3 is 2.47 bits per heavy atom. The van der Waals surface area contributed by atoms with Gasteiger partial charge in [0.25, 0.3) is 5.91 Å². The van der Waals surface area contributed by atoms with Crippen LogP contribution in [0, 0.1) is 5.92 Å². The lowest BCUT2D eigenvalue weighted by Gasteiger charge is -2.50. The van der Waals surface area contributed by atoms with Crippen molar-refractivity contribution < 1.29 is 23.7 Å². The predicted octanol–water partition coefficient (Wildman–Crippen LogP) is 3.51. The van der Waals surface area contributed by atoms with Crippen LogP contribution in [0.3, 0.4) is 0 Å². The van der Waals surface area contributed by atoms with Gasteiger partial charge in [0.15, 0.2) is 12.1 Å². The highest BCUT2D eigenvalue weighted by atomic mass is 16.8. The van der Waals surface area contributed by atoms with E-state index in [4.69, 9.17) is 18.9 Å². The minimum absolute atomic E-state index is 0.0274. The molecule has 0 bridgehead atoms. The van der Waals surface area contributed by atoms with E-state index in [2.05, 4.69) is 12.2 Å². The van der Waals surface area contributed by atoms with Crippen molar-refractivity contribution in [2.75, 3.05) is 6.61 Å². The molecule has 160 valence electrons. The van der Waals surface area contributed by atoms with Gasteiger partial charge in [0.1, 0.15) is 6.10 Å². The largest absolute Gasteiger partial charge is 0.348 e. The van der Waals surface area contributed by atoms with Gasteiger partial charge < -0.3 is 24.3 Å². The zero-order chi connectivity index (χ0) is 21.1. The molecule has 4 rings (SSSR count). The van der Waals surface area contributed by atoms with Crippen LogP contribution in [0.5, 0.6) is 0 Å². The third-order valence-corrected chi connectivity index (χ3v) is 5.66. The monoisotopic (exact) mass is 411 g/mol. The maximum Gasteiger partial charge on any atom is 0.251 e. The highest BCUT2D eigenvalue weighted by Gasteiger charge is 2.50. The summed E-state index contributed by atoms with van der Waals surface area (Å²) in [5.41, 5.74) is 1.64. The second-order valence-corrected chi connectivity index (χ2v) is 8.36. The molecule has 2 saturated heterocycles. The maximum absolute atomic E-state index is 12.9. The van der Waals surface area contributed by atoms with Gasteiger partial charge in [-0.15, -0.1) is 0 Å². The van der Waals surface area contributed by atoms with E-state index in [1.54, 1.807) is 12.1 Å². The van der Waals surface area contributed by atoms with Crippen LogP contribution < -0.4 is 5.32 Å². The van der Waals surface area contributed by atoms with Crippen molar-refractivity contribution in [1.82, 2.24) is 5.32 Å². The van der Waals surface area contributed by atoms with Crippen LogP contribution in [0.4, 0.5) is 0 Å². The van der Waals surface area contributed by atoms with Gasteiger partial charge in [-0.05, 0) is 31.5 Å². The number of hydrogen-bond acceptors (Lipinski definition) is 5. The second kappa shape index (κ2) is 8.86. The fraction of sp³-hybridized carbons (Fsp3) is 0.458. The highest BCUT2D eigenvalue weighted by Crippen LogP contribution is 2.36. The van der Waals surface area contributed by atoms with Crippen molar-refractivity contribution in [3.05, 3.63) is 71.8 Å². The summed E-state index contributed by atoms with van der Waals surface area (Å²) in [4.78, 5) is 12.9. The summed E-state index contributed by atoms with van der Waals surface area (Å²) in [6.07, 6.45) is -1.06. The molecule has 2 aliphatic heterocycles. The van der Waals surface area contributed by atoms with Crippen molar-refractivity contribution in [3.8, 4) is 0 Å². The molecule has 5 unspecified atom stereocenters. The SMILES string of the molecule is CC1C(NC(=O)c2ccccc2)C(OCc2ccccc2)OC2COC(C)(C)OC21. The van der Waals surface area contributed by atoms with E-state index in [0.717, 1.165) is 5.56 Å². The standard InChI is InChI=1S/C24H29NO5/c1-16-20(25-22(26)18-12-8-5-9-13-18)23(27-14-17-10-6-4-7-11-17)29-19-15-28-24(2,3)30-21(16)19/h4-13,16,19-21,23H,14-15H2,1-3H3,(H,25,26). The van der Waals surface area contributed by atoms with E-state index in [1.807, 2.05) is 62.4 Å². The molecule has 30 heavy (non-hydrogen) atoms. The summed E-state index contributed by atoms with van der Waals surface area (Å²) >= 11 is 0. The molecule has 1 amide bonds. The molecule has 0 aromatic heterocycles. The molecule has 2 heterocycles. The van der Waals surface area contributed by atoms with E-state index >= 15 is 0 Å². The van der Waals surface area contributed by atoms with E-state index in [1.165, 1.54) is 0 Å². The molecule has 0 spiro atoms. The molecular formula is C24H29NO5. The first-order valence-corrected chi connectivity index (χ1v) is 10.4. The maximum atomic E-state index is 12.9. The molecule has 2 aromatic rings. The minimum atomic E-state index is -0.690. The van der Waals surface area contributed by atoms with E-state index in [-0.39, 0.29) is 30.1 Å². The number of rotatable bonds is 5. The van der Waals surface area contributed by atoms with Crippen molar-refractivity contribution in [1.29, 1.82) is 0 Å². The zero-order valence-corrected chi connectivity index (χ0v) is 17.6. The average Bonchev–Trinajstić information content (AvgIpc) is 2.76. The molecule has 2 aliphatic rings. The minimum Gasteiger partial charge on any atom is -0.348 e. The summed E-state index contributed by atoms with van der Waals surface area (Å²) < 4.78 is 24.3. The number of benzene rings is 2. The molecular weight excluding hydrogens is 382 g/mol. The van der Waals surface area contributed by atoms with Gasteiger partial charge in [-0.1, -0.05) is 55.5 Å². The van der Waals surface area contributed by atoms with Crippen molar-refractivity contribution in [3.63, 3.8) is 0 Å². The normalized spacial score (nSPS) is 30.3. The summed E-state index contributed by atoms with van der Waals surface area (Å²) in [6.45, 7) is 6.67. The van der Waals surface area contributed by atoms with Crippen LogP contribution in [0.1, 0.15) is 36.7 Å². The van der Waals surface area contributed by atoms with Gasteiger partial charge in [0.05, 0.1) is 25.4 Å². The first kappa shape index (κ1) is 21.0. The molecule has 0 saturated carbocycles. The van der Waals surface area contributed by atoms with Crippen LogP contribution >= 0.6 is 0 Å². The highest BCUT2D eigenvalue weighted by molar-refractivity contribution is 5.94. The Bertz CT molecular complexity index is 841. The van der Waals surface area contributed by atoms with Crippen LogP contribution in [-0.2, 0) is 25.6 Å². The number of carbonyl (C=O) groups excluding carboxylic acids is 1. The second-order valence-electron chi connectivity index (χ2n) is 8.36. The summed E-state index contributed by atoms with van der Waals surface area (Å²) in [5.74, 6) is -0.876. The van der Waals surface area contributed by atoms with E-state index in [0.29, 0.717) is 18.8 Å². The Labute approximate surface area is 177 Å². The summed E-state index contributed by atoms with van der Waals surface area (Å²) in [7, 11) is 0. The Balaban J connectivity index is 1.53. The molecule has 6 nitrogen and oxygen atoms in total. The first-order valence-electron chi connectivity index (χ1n) is 10.4.